The number of hydrogen-bond acceptors (Lipinski definition) is 4. The van der Waals surface area contributed by atoms with Crippen molar-refractivity contribution in [1.82, 2.24) is 19.9 Å². The van der Waals surface area contributed by atoms with E-state index in [0.29, 0.717) is 6.42 Å². The van der Waals surface area contributed by atoms with Crippen LogP contribution in [-0.2, 0) is 6.18 Å². The number of aromatic nitrogens is 3. The molecule has 0 aliphatic carbocycles. The average Bonchev–Trinajstić information content (AvgIpc) is 3.15. The van der Waals surface area contributed by atoms with Gasteiger partial charge in [0.2, 0.25) is 0 Å². The van der Waals surface area contributed by atoms with E-state index in [2.05, 4.69) is 15.3 Å². The van der Waals surface area contributed by atoms with Gasteiger partial charge in [-0.3, -0.25) is 4.98 Å². The van der Waals surface area contributed by atoms with E-state index >= 15 is 0 Å². The molecule has 3 heterocycles. The molecule has 0 amide bonds. The minimum atomic E-state index is -4.53. The third kappa shape index (κ3) is 4.72. The average molecular weight is 450 g/mol. The van der Waals surface area contributed by atoms with Gasteiger partial charge in [-0.1, -0.05) is 0 Å². The van der Waals surface area contributed by atoms with E-state index in [1.165, 1.54) is 23.2 Å². The van der Waals surface area contributed by atoms with Crippen molar-refractivity contribution in [2.45, 2.75) is 63.8 Å². The number of fused-ring (bicyclic) bond motifs is 1. The summed E-state index contributed by atoms with van der Waals surface area (Å²) >= 11 is 0. The Balaban J connectivity index is 1.54. The highest BCUT2D eigenvalue weighted by Gasteiger charge is 2.35. The molecule has 3 aromatic rings. The maximum Gasteiger partial charge on any atom is 0.418 e. The fraction of sp³-hybridized carbons (Fsp3) is 0.478. The van der Waals surface area contributed by atoms with Gasteiger partial charge in [-0.25, -0.2) is 9.37 Å². The number of benzene rings is 1. The van der Waals surface area contributed by atoms with Gasteiger partial charge < -0.3 is 14.6 Å². The number of halogens is 4. The SMILES string of the molecule is CC1CC(c2ccc(F)cn2)CC(COc2cc(C(F)(F)F)c3c(c2)ncn3C(C)C)N1. The lowest BCUT2D eigenvalue weighted by molar-refractivity contribution is -0.136. The molecule has 1 saturated heterocycles. The topological polar surface area (TPSA) is 52.0 Å². The molecule has 0 radical (unpaired) electrons. The van der Waals surface area contributed by atoms with Crippen molar-refractivity contribution in [3.63, 3.8) is 0 Å². The smallest absolute Gasteiger partial charge is 0.418 e. The van der Waals surface area contributed by atoms with Crippen LogP contribution in [0.2, 0.25) is 0 Å². The molecule has 4 rings (SSSR count). The van der Waals surface area contributed by atoms with E-state index < -0.39 is 11.7 Å². The minimum absolute atomic E-state index is 0.0618. The summed E-state index contributed by atoms with van der Waals surface area (Å²) in [6.45, 7) is 5.87. The predicted molar refractivity (Wildman–Crippen MR) is 113 cm³/mol. The summed E-state index contributed by atoms with van der Waals surface area (Å²) in [6, 6.07) is 5.62. The largest absolute Gasteiger partial charge is 0.492 e. The van der Waals surface area contributed by atoms with Gasteiger partial charge in [0.25, 0.3) is 0 Å². The molecule has 3 atom stereocenters. The van der Waals surface area contributed by atoms with Crippen molar-refractivity contribution in [2.75, 3.05) is 6.61 Å². The molecule has 32 heavy (non-hydrogen) atoms. The van der Waals surface area contributed by atoms with Gasteiger partial charge in [0.05, 0.1) is 29.1 Å². The Bertz CT molecular complexity index is 1080. The molecular weight excluding hydrogens is 424 g/mol. The van der Waals surface area contributed by atoms with Crippen LogP contribution in [-0.4, -0.2) is 33.2 Å². The van der Waals surface area contributed by atoms with Crippen molar-refractivity contribution in [3.8, 4) is 5.75 Å². The Morgan fingerprint density at radius 1 is 1.19 bits per heavy atom. The monoisotopic (exact) mass is 450 g/mol. The van der Waals surface area contributed by atoms with Gasteiger partial charge in [0.15, 0.2) is 0 Å². The van der Waals surface area contributed by atoms with Crippen molar-refractivity contribution in [2.24, 2.45) is 0 Å². The fourth-order valence-electron chi connectivity index (χ4n) is 4.42. The zero-order valence-electron chi connectivity index (χ0n) is 18.2. The van der Waals surface area contributed by atoms with Gasteiger partial charge in [-0.15, -0.1) is 0 Å². The van der Waals surface area contributed by atoms with Crippen molar-refractivity contribution in [3.05, 3.63) is 53.9 Å². The van der Waals surface area contributed by atoms with E-state index in [0.717, 1.165) is 18.2 Å². The Morgan fingerprint density at radius 2 is 1.97 bits per heavy atom. The standard InChI is InChI=1S/C23H26F4N4O/c1-13(2)31-12-29-21-9-18(8-19(22(21)31)23(25,26)27)32-11-17-7-15(6-14(3)30-17)20-5-4-16(24)10-28-20/h4-5,8-10,12-15,17,30H,6-7,11H2,1-3H3. The van der Waals surface area contributed by atoms with Crippen LogP contribution < -0.4 is 10.1 Å². The van der Waals surface area contributed by atoms with E-state index in [9.17, 15) is 17.6 Å². The number of nitrogens with zero attached hydrogens (tertiary/aromatic N) is 3. The van der Waals surface area contributed by atoms with Crippen LogP contribution in [0, 0.1) is 5.82 Å². The summed E-state index contributed by atoms with van der Waals surface area (Å²) in [5.74, 6) is -0.128. The van der Waals surface area contributed by atoms with Gasteiger partial charge in [0, 0.05) is 35.8 Å². The molecule has 1 fully saturated rings. The van der Waals surface area contributed by atoms with E-state index in [1.54, 1.807) is 12.1 Å². The Kier molecular flexibility index (Phi) is 6.11. The quantitative estimate of drug-likeness (QED) is 0.524. The highest BCUT2D eigenvalue weighted by molar-refractivity contribution is 5.81. The lowest BCUT2D eigenvalue weighted by atomic mass is 9.86. The first-order valence-electron chi connectivity index (χ1n) is 10.7. The number of rotatable bonds is 5. The van der Waals surface area contributed by atoms with Crippen LogP contribution in [0.4, 0.5) is 17.6 Å². The lowest BCUT2D eigenvalue weighted by Crippen LogP contribution is -2.46. The van der Waals surface area contributed by atoms with Gasteiger partial charge in [-0.05, 0) is 51.8 Å². The fourth-order valence-corrected chi connectivity index (χ4v) is 4.42. The molecule has 2 aromatic heterocycles. The second-order valence-corrected chi connectivity index (χ2v) is 8.73. The normalized spacial score (nSPS) is 21.9. The van der Waals surface area contributed by atoms with Crippen molar-refractivity contribution >= 4 is 11.0 Å². The number of piperidine rings is 1. The maximum atomic E-state index is 13.8. The molecule has 1 aliphatic heterocycles. The van der Waals surface area contributed by atoms with Gasteiger partial charge >= 0.3 is 6.18 Å². The molecule has 5 nitrogen and oxygen atoms in total. The van der Waals surface area contributed by atoms with Crippen LogP contribution >= 0.6 is 0 Å². The molecule has 3 unspecified atom stereocenters. The zero-order valence-corrected chi connectivity index (χ0v) is 18.2. The molecule has 1 aliphatic rings. The maximum absolute atomic E-state index is 13.8. The van der Waals surface area contributed by atoms with Crippen molar-refractivity contribution in [1.29, 1.82) is 0 Å². The molecule has 0 bridgehead atoms. The molecule has 0 saturated carbocycles. The molecule has 0 spiro atoms. The molecule has 172 valence electrons. The summed E-state index contributed by atoms with van der Waals surface area (Å²) in [5.41, 5.74) is 0.368. The number of imidazole rings is 1. The third-order valence-corrected chi connectivity index (χ3v) is 5.85. The zero-order chi connectivity index (χ0) is 23.0. The Morgan fingerprint density at radius 3 is 2.62 bits per heavy atom. The van der Waals surface area contributed by atoms with Crippen LogP contribution in [0.3, 0.4) is 0 Å². The molecule has 1 N–H and O–H groups in total. The second kappa shape index (κ2) is 8.69. The number of ether oxygens (including phenoxy) is 1. The van der Waals surface area contributed by atoms with Gasteiger partial charge in [0.1, 0.15) is 18.2 Å². The first-order valence-corrected chi connectivity index (χ1v) is 10.7. The summed E-state index contributed by atoms with van der Waals surface area (Å²) in [7, 11) is 0. The number of hydrogen-bond donors (Lipinski definition) is 1. The summed E-state index contributed by atoms with van der Waals surface area (Å²) in [6.07, 6.45) is -0.358. The molecular formula is C23H26F4N4O. The Labute approximate surface area is 183 Å². The van der Waals surface area contributed by atoms with E-state index in [4.69, 9.17) is 4.74 Å². The summed E-state index contributed by atoms with van der Waals surface area (Å²) in [5, 5.41) is 3.43. The van der Waals surface area contributed by atoms with Gasteiger partial charge in [-0.2, -0.15) is 13.2 Å². The first-order chi connectivity index (χ1) is 15.1. The van der Waals surface area contributed by atoms with E-state index in [1.807, 2.05) is 20.8 Å². The van der Waals surface area contributed by atoms with Crippen LogP contribution in [0.25, 0.3) is 11.0 Å². The summed E-state index contributed by atoms with van der Waals surface area (Å²) in [4.78, 5) is 8.37. The summed E-state index contributed by atoms with van der Waals surface area (Å²) < 4.78 is 61.9. The van der Waals surface area contributed by atoms with E-state index in [-0.39, 0.29) is 53.3 Å². The third-order valence-electron chi connectivity index (χ3n) is 5.85. The highest BCUT2D eigenvalue weighted by atomic mass is 19.4. The highest BCUT2D eigenvalue weighted by Crippen LogP contribution is 2.38. The number of pyridine rings is 1. The number of nitrogens with one attached hydrogen (secondary N) is 1. The second-order valence-electron chi connectivity index (χ2n) is 8.73. The van der Waals surface area contributed by atoms with Crippen molar-refractivity contribution < 1.29 is 22.3 Å². The van der Waals surface area contributed by atoms with Crippen LogP contribution in [0.15, 0.2) is 36.8 Å². The van der Waals surface area contributed by atoms with Crippen LogP contribution in [0.5, 0.6) is 5.75 Å². The molecule has 9 heteroatoms. The lowest BCUT2D eigenvalue weighted by Gasteiger charge is -2.34. The Hall–Kier alpha value is -2.68. The first kappa shape index (κ1) is 22.5. The number of alkyl halides is 3. The molecule has 1 aromatic carbocycles. The predicted octanol–water partition coefficient (Wildman–Crippen LogP) is 5.47. The van der Waals surface area contributed by atoms with Crippen LogP contribution in [0.1, 0.15) is 56.8 Å². The minimum Gasteiger partial charge on any atom is -0.492 e.